The lowest BCUT2D eigenvalue weighted by atomic mass is 10.2. The maximum Gasteiger partial charge on any atom is 0.270 e. The molecule has 1 amide bonds. The van der Waals surface area contributed by atoms with Crippen LogP contribution >= 0.6 is 0 Å². The van der Waals surface area contributed by atoms with E-state index in [2.05, 4.69) is 27.4 Å². The van der Waals surface area contributed by atoms with Gasteiger partial charge in [0, 0.05) is 18.4 Å². The van der Waals surface area contributed by atoms with E-state index in [0.717, 1.165) is 17.7 Å². The van der Waals surface area contributed by atoms with E-state index in [9.17, 15) is 4.79 Å². The molecule has 132 valence electrons. The van der Waals surface area contributed by atoms with E-state index in [1.165, 1.54) is 0 Å². The van der Waals surface area contributed by atoms with Crippen molar-refractivity contribution >= 4 is 17.5 Å². The Morgan fingerprint density at radius 2 is 1.69 bits per heavy atom. The van der Waals surface area contributed by atoms with E-state index in [4.69, 9.17) is 0 Å². The molecule has 0 aliphatic heterocycles. The van der Waals surface area contributed by atoms with Crippen molar-refractivity contribution in [2.24, 2.45) is 0 Å². The van der Waals surface area contributed by atoms with E-state index in [-0.39, 0.29) is 5.91 Å². The molecule has 2 aromatic carbocycles. The first-order chi connectivity index (χ1) is 12.8. The third-order valence-corrected chi connectivity index (χ3v) is 3.90. The van der Waals surface area contributed by atoms with Gasteiger partial charge in [-0.25, -0.2) is 9.97 Å². The molecule has 1 heterocycles. The molecular weight excluding hydrogens is 324 g/mol. The molecule has 0 saturated carbocycles. The highest BCUT2D eigenvalue weighted by atomic mass is 16.1. The molecule has 0 atom stereocenters. The van der Waals surface area contributed by atoms with E-state index in [1.54, 1.807) is 12.3 Å². The summed E-state index contributed by atoms with van der Waals surface area (Å²) < 4.78 is 0. The van der Waals surface area contributed by atoms with Crippen LogP contribution in [0.3, 0.4) is 0 Å². The van der Waals surface area contributed by atoms with Gasteiger partial charge in [0.1, 0.15) is 5.69 Å². The molecule has 0 saturated heterocycles. The molecule has 3 rings (SSSR count). The van der Waals surface area contributed by atoms with Crippen molar-refractivity contribution in [2.45, 2.75) is 19.9 Å². The van der Waals surface area contributed by atoms with Gasteiger partial charge in [-0.1, -0.05) is 55.5 Å². The number of rotatable bonds is 7. The predicted molar refractivity (Wildman–Crippen MR) is 103 cm³/mol. The summed E-state index contributed by atoms with van der Waals surface area (Å²) in [6.07, 6.45) is 2.51. The number of aromatic nitrogens is 2. The second-order valence-corrected chi connectivity index (χ2v) is 5.91. The zero-order chi connectivity index (χ0) is 18.2. The summed E-state index contributed by atoms with van der Waals surface area (Å²) in [7, 11) is 0. The van der Waals surface area contributed by atoms with E-state index in [1.807, 2.05) is 60.4 Å². The molecule has 0 aliphatic rings. The lowest BCUT2D eigenvalue weighted by Gasteiger charge is -2.23. The normalized spacial score (nSPS) is 10.3. The molecule has 3 aromatic rings. The first-order valence-corrected chi connectivity index (χ1v) is 8.75. The number of amides is 1. The fourth-order valence-corrected chi connectivity index (χ4v) is 2.59. The Hall–Kier alpha value is -3.21. The van der Waals surface area contributed by atoms with Crippen molar-refractivity contribution in [3.8, 4) is 0 Å². The SMILES string of the molecule is CCCNC(=O)c1ccnc(N(Cc2ccccc2)c2ccccc2)n1. The lowest BCUT2D eigenvalue weighted by Crippen LogP contribution is -2.26. The minimum absolute atomic E-state index is 0.178. The quantitative estimate of drug-likeness (QED) is 0.704. The number of carbonyl (C=O) groups excluding carboxylic acids is 1. The predicted octanol–water partition coefficient (Wildman–Crippen LogP) is 3.95. The van der Waals surface area contributed by atoms with Crippen LogP contribution in [0.1, 0.15) is 29.4 Å². The summed E-state index contributed by atoms with van der Waals surface area (Å²) in [5.41, 5.74) is 2.49. The molecule has 5 heteroatoms. The third-order valence-electron chi connectivity index (χ3n) is 3.90. The molecule has 0 spiro atoms. The van der Waals surface area contributed by atoms with Gasteiger partial charge >= 0.3 is 0 Å². The van der Waals surface area contributed by atoms with Gasteiger partial charge in [0.15, 0.2) is 0 Å². The van der Waals surface area contributed by atoms with Crippen LogP contribution in [0.4, 0.5) is 11.6 Å². The molecule has 1 N–H and O–H groups in total. The van der Waals surface area contributed by atoms with Gasteiger partial charge in [-0.3, -0.25) is 4.79 Å². The molecular formula is C21H22N4O. The highest BCUT2D eigenvalue weighted by Gasteiger charge is 2.15. The highest BCUT2D eigenvalue weighted by molar-refractivity contribution is 5.92. The standard InChI is InChI=1S/C21H22N4O/c1-2-14-22-20(26)19-13-15-23-21(24-19)25(18-11-7-4-8-12-18)16-17-9-5-3-6-10-17/h3-13,15H,2,14,16H2,1H3,(H,22,26). The monoisotopic (exact) mass is 346 g/mol. The minimum atomic E-state index is -0.178. The number of nitrogens with zero attached hydrogens (tertiary/aromatic N) is 3. The van der Waals surface area contributed by atoms with Crippen LogP contribution in [0, 0.1) is 0 Å². The number of hydrogen-bond acceptors (Lipinski definition) is 4. The summed E-state index contributed by atoms with van der Waals surface area (Å²) in [6, 6.07) is 21.7. The minimum Gasteiger partial charge on any atom is -0.351 e. The summed E-state index contributed by atoms with van der Waals surface area (Å²) in [6.45, 7) is 3.26. The second-order valence-electron chi connectivity index (χ2n) is 5.91. The number of benzene rings is 2. The van der Waals surface area contributed by atoms with Crippen LogP contribution in [0.2, 0.25) is 0 Å². The number of carbonyl (C=O) groups is 1. The van der Waals surface area contributed by atoms with Gasteiger partial charge < -0.3 is 10.2 Å². The topological polar surface area (TPSA) is 58.1 Å². The average molecular weight is 346 g/mol. The van der Waals surface area contributed by atoms with Crippen molar-refractivity contribution in [3.63, 3.8) is 0 Å². The van der Waals surface area contributed by atoms with Gasteiger partial charge in [0.2, 0.25) is 5.95 Å². The van der Waals surface area contributed by atoms with Gasteiger partial charge in [-0.15, -0.1) is 0 Å². The Morgan fingerprint density at radius 3 is 2.38 bits per heavy atom. The van der Waals surface area contributed by atoms with Gasteiger partial charge in [-0.2, -0.15) is 0 Å². The summed E-state index contributed by atoms with van der Waals surface area (Å²) in [5.74, 6) is 0.326. The summed E-state index contributed by atoms with van der Waals surface area (Å²) in [5, 5.41) is 2.86. The van der Waals surface area contributed by atoms with Crippen molar-refractivity contribution < 1.29 is 4.79 Å². The molecule has 0 bridgehead atoms. The second kappa shape index (κ2) is 8.76. The molecule has 0 unspecified atom stereocenters. The molecule has 1 aromatic heterocycles. The molecule has 0 fully saturated rings. The Labute approximate surface area is 153 Å². The van der Waals surface area contributed by atoms with Crippen molar-refractivity contribution in [3.05, 3.63) is 84.2 Å². The average Bonchev–Trinajstić information content (AvgIpc) is 2.71. The van der Waals surface area contributed by atoms with Crippen LogP contribution in [0.5, 0.6) is 0 Å². The molecule has 5 nitrogen and oxygen atoms in total. The van der Waals surface area contributed by atoms with E-state index < -0.39 is 0 Å². The third kappa shape index (κ3) is 4.45. The van der Waals surface area contributed by atoms with Crippen LogP contribution in [-0.4, -0.2) is 22.4 Å². The van der Waals surface area contributed by atoms with Crippen LogP contribution in [-0.2, 0) is 6.54 Å². The van der Waals surface area contributed by atoms with Gasteiger partial charge in [0.25, 0.3) is 5.91 Å². The lowest BCUT2D eigenvalue weighted by molar-refractivity contribution is 0.0948. The van der Waals surface area contributed by atoms with Crippen LogP contribution in [0.25, 0.3) is 0 Å². The van der Waals surface area contributed by atoms with Crippen molar-refractivity contribution in [1.29, 1.82) is 0 Å². The van der Waals surface area contributed by atoms with E-state index >= 15 is 0 Å². The first-order valence-electron chi connectivity index (χ1n) is 8.75. The number of hydrogen-bond donors (Lipinski definition) is 1. The summed E-state index contributed by atoms with van der Waals surface area (Å²) in [4.78, 5) is 23.2. The Kier molecular flexibility index (Phi) is 5.93. The maximum atomic E-state index is 12.3. The fraction of sp³-hybridized carbons (Fsp3) is 0.190. The number of para-hydroxylation sites is 1. The smallest absolute Gasteiger partial charge is 0.270 e. The fourth-order valence-electron chi connectivity index (χ4n) is 2.59. The molecule has 0 radical (unpaired) electrons. The summed E-state index contributed by atoms with van der Waals surface area (Å²) >= 11 is 0. The van der Waals surface area contributed by atoms with Gasteiger partial charge in [-0.05, 0) is 30.2 Å². The van der Waals surface area contributed by atoms with Crippen molar-refractivity contribution in [2.75, 3.05) is 11.4 Å². The Bertz CT molecular complexity index is 837. The largest absolute Gasteiger partial charge is 0.351 e. The van der Waals surface area contributed by atoms with Crippen LogP contribution in [0.15, 0.2) is 72.9 Å². The maximum absolute atomic E-state index is 12.3. The molecule has 26 heavy (non-hydrogen) atoms. The zero-order valence-corrected chi connectivity index (χ0v) is 14.8. The van der Waals surface area contributed by atoms with Crippen LogP contribution < -0.4 is 10.2 Å². The first kappa shape index (κ1) is 17.6. The Balaban J connectivity index is 1.93. The number of nitrogens with one attached hydrogen (secondary N) is 1. The van der Waals surface area contributed by atoms with Gasteiger partial charge in [0.05, 0.1) is 6.54 Å². The zero-order valence-electron chi connectivity index (χ0n) is 14.8. The molecule has 0 aliphatic carbocycles. The number of anilines is 2. The van der Waals surface area contributed by atoms with Crippen molar-refractivity contribution in [1.82, 2.24) is 15.3 Å². The highest BCUT2D eigenvalue weighted by Crippen LogP contribution is 2.24. The Morgan fingerprint density at radius 1 is 1.00 bits per heavy atom. The van der Waals surface area contributed by atoms with E-state index in [0.29, 0.717) is 24.7 Å².